The Morgan fingerprint density at radius 2 is 1.75 bits per heavy atom. The van der Waals surface area contributed by atoms with Crippen molar-refractivity contribution in [3.05, 3.63) is 35.4 Å². The maximum atomic E-state index is 5.89. The van der Waals surface area contributed by atoms with Gasteiger partial charge in [0, 0.05) is 26.2 Å². The summed E-state index contributed by atoms with van der Waals surface area (Å²) in [4.78, 5) is 2.55. The fourth-order valence-corrected chi connectivity index (χ4v) is 3.26. The predicted molar refractivity (Wildman–Crippen MR) is 81.6 cm³/mol. The molecule has 0 saturated carbocycles. The van der Waals surface area contributed by atoms with Gasteiger partial charge >= 0.3 is 0 Å². The summed E-state index contributed by atoms with van der Waals surface area (Å²) in [5.41, 5.74) is 2.80. The second kappa shape index (κ2) is 6.70. The van der Waals surface area contributed by atoms with Crippen molar-refractivity contribution in [3.8, 4) is 0 Å². The third-order valence-corrected chi connectivity index (χ3v) is 4.30. The molecule has 1 aromatic carbocycles. The summed E-state index contributed by atoms with van der Waals surface area (Å²) in [5, 5.41) is 3.45. The molecule has 2 aliphatic rings. The van der Waals surface area contributed by atoms with Crippen molar-refractivity contribution in [2.24, 2.45) is 0 Å². The number of ether oxygens (including phenoxy) is 1. The Hall–Kier alpha value is -0.900. The Bertz CT molecular complexity index is 406. The van der Waals surface area contributed by atoms with Gasteiger partial charge in [-0.05, 0) is 36.9 Å². The second-order valence-electron chi connectivity index (χ2n) is 6.14. The molecular weight excluding hydrogens is 248 g/mol. The molecule has 3 rings (SSSR count). The Morgan fingerprint density at radius 3 is 2.40 bits per heavy atom. The molecule has 2 saturated heterocycles. The summed E-state index contributed by atoms with van der Waals surface area (Å²) in [5.74, 6) is 0. The van der Waals surface area contributed by atoms with Gasteiger partial charge in [0.15, 0.2) is 0 Å². The molecule has 0 radical (unpaired) electrons. The second-order valence-corrected chi connectivity index (χ2v) is 6.14. The lowest BCUT2D eigenvalue weighted by Crippen LogP contribution is -2.41. The number of nitrogens with one attached hydrogen (secondary N) is 1. The minimum absolute atomic E-state index is 0.492. The molecule has 2 bridgehead atoms. The van der Waals surface area contributed by atoms with E-state index in [4.69, 9.17) is 4.74 Å². The SMILES string of the molecule is CCCNCc1ccc(CN2CC3CCC(C2)O3)cc1. The summed E-state index contributed by atoms with van der Waals surface area (Å²) < 4.78 is 5.89. The molecule has 20 heavy (non-hydrogen) atoms. The van der Waals surface area contributed by atoms with Crippen LogP contribution in [-0.2, 0) is 17.8 Å². The van der Waals surface area contributed by atoms with E-state index in [0.717, 1.165) is 32.7 Å². The molecule has 2 fully saturated rings. The van der Waals surface area contributed by atoms with Crippen molar-refractivity contribution >= 4 is 0 Å². The third-order valence-electron chi connectivity index (χ3n) is 4.30. The fourth-order valence-electron chi connectivity index (χ4n) is 3.26. The highest BCUT2D eigenvalue weighted by Crippen LogP contribution is 2.27. The van der Waals surface area contributed by atoms with Crippen LogP contribution >= 0.6 is 0 Å². The van der Waals surface area contributed by atoms with Crippen LogP contribution < -0.4 is 5.32 Å². The molecule has 2 atom stereocenters. The lowest BCUT2D eigenvalue weighted by atomic mass is 10.1. The number of hydrogen-bond acceptors (Lipinski definition) is 3. The molecule has 110 valence electrons. The van der Waals surface area contributed by atoms with E-state index in [2.05, 4.69) is 41.4 Å². The first-order chi connectivity index (χ1) is 9.83. The van der Waals surface area contributed by atoms with Gasteiger partial charge in [0.05, 0.1) is 12.2 Å². The van der Waals surface area contributed by atoms with Gasteiger partial charge in [-0.1, -0.05) is 31.2 Å². The Morgan fingerprint density at radius 1 is 1.10 bits per heavy atom. The number of likely N-dealkylation sites (tertiary alicyclic amines) is 1. The van der Waals surface area contributed by atoms with Gasteiger partial charge < -0.3 is 10.1 Å². The van der Waals surface area contributed by atoms with Crippen molar-refractivity contribution in [3.63, 3.8) is 0 Å². The van der Waals surface area contributed by atoms with Gasteiger partial charge in [-0.25, -0.2) is 0 Å². The van der Waals surface area contributed by atoms with Crippen LogP contribution in [0.3, 0.4) is 0 Å². The molecule has 2 heterocycles. The summed E-state index contributed by atoms with van der Waals surface area (Å²) in [6, 6.07) is 9.07. The quantitative estimate of drug-likeness (QED) is 0.807. The topological polar surface area (TPSA) is 24.5 Å². The number of fused-ring (bicyclic) bond motifs is 2. The lowest BCUT2D eigenvalue weighted by Gasteiger charge is -2.32. The van der Waals surface area contributed by atoms with Gasteiger partial charge in [0.1, 0.15) is 0 Å². The van der Waals surface area contributed by atoms with Crippen molar-refractivity contribution in [2.75, 3.05) is 19.6 Å². The summed E-state index contributed by atoms with van der Waals surface area (Å²) in [6.45, 7) is 7.56. The smallest absolute Gasteiger partial charge is 0.0707 e. The van der Waals surface area contributed by atoms with Crippen LogP contribution in [0.4, 0.5) is 0 Å². The zero-order valence-corrected chi connectivity index (χ0v) is 12.5. The average molecular weight is 274 g/mol. The van der Waals surface area contributed by atoms with Gasteiger partial charge in [0.25, 0.3) is 0 Å². The highest BCUT2D eigenvalue weighted by atomic mass is 16.5. The molecule has 0 spiro atoms. The standard InChI is InChI=1S/C17H26N2O/c1-2-9-18-10-14-3-5-15(6-4-14)11-19-12-16-7-8-17(13-19)20-16/h3-6,16-18H,2,7-13H2,1H3. The van der Waals surface area contributed by atoms with Gasteiger partial charge in [-0.15, -0.1) is 0 Å². The average Bonchev–Trinajstić information content (AvgIpc) is 2.80. The van der Waals surface area contributed by atoms with E-state index in [-0.39, 0.29) is 0 Å². The van der Waals surface area contributed by atoms with Crippen LogP contribution in [-0.4, -0.2) is 36.7 Å². The highest BCUT2D eigenvalue weighted by molar-refractivity contribution is 5.22. The first-order valence-electron chi connectivity index (χ1n) is 8.00. The van der Waals surface area contributed by atoms with Crippen LogP contribution in [0.5, 0.6) is 0 Å². The highest BCUT2D eigenvalue weighted by Gasteiger charge is 2.33. The molecular formula is C17H26N2O. The number of benzene rings is 1. The van der Waals surface area contributed by atoms with Crippen molar-refractivity contribution in [1.82, 2.24) is 10.2 Å². The van der Waals surface area contributed by atoms with Crippen LogP contribution in [0, 0.1) is 0 Å². The minimum atomic E-state index is 0.492. The number of rotatable bonds is 6. The molecule has 0 amide bonds. The van der Waals surface area contributed by atoms with Crippen LogP contribution in [0.1, 0.15) is 37.3 Å². The van der Waals surface area contributed by atoms with Crippen LogP contribution in [0.25, 0.3) is 0 Å². The van der Waals surface area contributed by atoms with Gasteiger partial charge in [-0.3, -0.25) is 4.90 Å². The monoisotopic (exact) mass is 274 g/mol. The summed E-state index contributed by atoms with van der Waals surface area (Å²) >= 11 is 0. The van der Waals surface area contributed by atoms with Crippen molar-refractivity contribution in [1.29, 1.82) is 0 Å². The number of nitrogens with zero attached hydrogens (tertiary/aromatic N) is 1. The molecule has 1 aromatic rings. The Kier molecular flexibility index (Phi) is 4.71. The largest absolute Gasteiger partial charge is 0.372 e. The zero-order valence-electron chi connectivity index (χ0n) is 12.5. The van der Waals surface area contributed by atoms with Crippen molar-refractivity contribution in [2.45, 2.75) is 51.5 Å². The van der Waals surface area contributed by atoms with Gasteiger partial charge in [0.2, 0.25) is 0 Å². The maximum absolute atomic E-state index is 5.89. The predicted octanol–water partition coefficient (Wildman–Crippen LogP) is 2.55. The van der Waals surface area contributed by atoms with Crippen LogP contribution in [0.2, 0.25) is 0 Å². The molecule has 3 nitrogen and oxygen atoms in total. The van der Waals surface area contributed by atoms with E-state index < -0.39 is 0 Å². The summed E-state index contributed by atoms with van der Waals surface area (Å²) in [6.07, 6.45) is 4.68. The number of morpholine rings is 1. The normalized spacial score (nSPS) is 26.1. The minimum Gasteiger partial charge on any atom is -0.372 e. The summed E-state index contributed by atoms with van der Waals surface area (Å²) in [7, 11) is 0. The maximum Gasteiger partial charge on any atom is 0.0707 e. The van der Waals surface area contributed by atoms with E-state index in [1.807, 2.05) is 0 Å². The Balaban J connectivity index is 1.50. The Labute approximate surface area is 122 Å². The zero-order chi connectivity index (χ0) is 13.8. The number of hydrogen-bond donors (Lipinski definition) is 1. The molecule has 2 aliphatic heterocycles. The van der Waals surface area contributed by atoms with Crippen LogP contribution in [0.15, 0.2) is 24.3 Å². The third kappa shape index (κ3) is 3.60. The van der Waals surface area contributed by atoms with E-state index in [0.29, 0.717) is 12.2 Å². The van der Waals surface area contributed by atoms with E-state index in [9.17, 15) is 0 Å². The van der Waals surface area contributed by atoms with E-state index >= 15 is 0 Å². The van der Waals surface area contributed by atoms with Gasteiger partial charge in [-0.2, -0.15) is 0 Å². The lowest BCUT2D eigenvalue weighted by molar-refractivity contribution is -0.0410. The molecule has 0 aromatic heterocycles. The molecule has 1 N–H and O–H groups in total. The van der Waals surface area contributed by atoms with Crippen molar-refractivity contribution < 1.29 is 4.74 Å². The fraction of sp³-hybridized carbons (Fsp3) is 0.647. The molecule has 0 aliphatic carbocycles. The molecule has 2 unspecified atom stereocenters. The first kappa shape index (κ1) is 14.1. The van der Waals surface area contributed by atoms with E-state index in [1.54, 1.807) is 0 Å². The first-order valence-corrected chi connectivity index (χ1v) is 8.00. The molecule has 3 heteroatoms. The van der Waals surface area contributed by atoms with E-state index in [1.165, 1.54) is 30.4 Å².